The second kappa shape index (κ2) is 3.05. The van der Waals surface area contributed by atoms with Crippen LogP contribution >= 0.6 is 15.9 Å². The summed E-state index contributed by atoms with van der Waals surface area (Å²) < 4.78 is 0.899. The number of halogens is 1. The Morgan fingerprint density at radius 3 is 2.75 bits per heavy atom. The maximum Gasteiger partial charge on any atom is 0.106 e. The van der Waals surface area contributed by atoms with Gasteiger partial charge in [0.25, 0.3) is 0 Å². The molecule has 0 spiro atoms. The number of pyridine rings is 1. The number of hydrogen-bond donors (Lipinski definition) is 0. The van der Waals surface area contributed by atoms with Gasteiger partial charge in [-0.2, -0.15) is 0 Å². The molecule has 1 fully saturated rings. The Labute approximate surface area is 80.7 Å². The van der Waals surface area contributed by atoms with Crippen molar-refractivity contribution in [2.75, 3.05) is 11.9 Å². The van der Waals surface area contributed by atoms with Crippen LogP contribution < -0.4 is 4.90 Å². The molecule has 0 saturated heterocycles. The van der Waals surface area contributed by atoms with Gasteiger partial charge in [-0.25, -0.2) is 4.98 Å². The van der Waals surface area contributed by atoms with Crippen molar-refractivity contribution >= 4 is 21.6 Å². The maximum atomic E-state index is 4.19. The maximum absolute atomic E-state index is 4.19. The summed E-state index contributed by atoms with van der Waals surface area (Å²) in [6.45, 7) is 0. The zero-order valence-corrected chi connectivity index (χ0v) is 8.58. The number of nitrogens with zero attached hydrogens (tertiary/aromatic N) is 2. The van der Waals surface area contributed by atoms with Crippen molar-refractivity contribution in [2.45, 2.75) is 18.9 Å². The molecule has 12 heavy (non-hydrogen) atoms. The molecule has 2 nitrogen and oxygen atoms in total. The fourth-order valence-corrected chi connectivity index (χ4v) is 1.48. The summed E-state index contributed by atoms with van der Waals surface area (Å²) in [7, 11) is 2.13. The minimum atomic E-state index is 0.757. The molecule has 0 aliphatic heterocycles. The van der Waals surface area contributed by atoms with Crippen molar-refractivity contribution < 1.29 is 0 Å². The molecule has 0 bridgehead atoms. The fourth-order valence-electron chi connectivity index (χ4n) is 1.25. The Hall–Kier alpha value is -0.570. The molecule has 1 aromatic rings. The quantitative estimate of drug-likeness (QED) is 0.721. The molecule has 1 aliphatic rings. The SMILES string of the molecule is CN(c1ccc(Br)nc1)C1CC1. The van der Waals surface area contributed by atoms with E-state index in [-0.39, 0.29) is 0 Å². The summed E-state index contributed by atoms with van der Waals surface area (Å²) >= 11 is 3.32. The molecule has 1 aliphatic carbocycles. The van der Waals surface area contributed by atoms with Crippen LogP contribution in [0.1, 0.15) is 12.8 Å². The predicted molar refractivity (Wildman–Crippen MR) is 53.4 cm³/mol. The molecule has 0 atom stereocenters. The van der Waals surface area contributed by atoms with Crippen molar-refractivity contribution in [3.05, 3.63) is 22.9 Å². The van der Waals surface area contributed by atoms with Gasteiger partial charge in [-0.15, -0.1) is 0 Å². The van der Waals surface area contributed by atoms with Crippen LogP contribution in [0.3, 0.4) is 0 Å². The summed E-state index contributed by atoms with van der Waals surface area (Å²) in [5.74, 6) is 0. The zero-order chi connectivity index (χ0) is 8.55. The second-order valence-electron chi connectivity index (χ2n) is 3.18. The number of aromatic nitrogens is 1. The Morgan fingerprint density at radius 2 is 2.25 bits per heavy atom. The molecule has 1 saturated carbocycles. The topological polar surface area (TPSA) is 16.1 Å². The van der Waals surface area contributed by atoms with Gasteiger partial charge < -0.3 is 4.90 Å². The highest BCUT2D eigenvalue weighted by Crippen LogP contribution is 2.29. The van der Waals surface area contributed by atoms with E-state index in [0.717, 1.165) is 10.6 Å². The van der Waals surface area contributed by atoms with E-state index >= 15 is 0 Å². The van der Waals surface area contributed by atoms with Crippen molar-refractivity contribution in [3.63, 3.8) is 0 Å². The number of anilines is 1. The summed E-state index contributed by atoms with van der Waals surface area (Å²) in [5.41, 5.74) is 1.21. The molecule has 0 unspecified atom stereocenters. The van der Waals surface area contributed by atoms with E-state index in [1.165, 1.54) is 18.5 Å². The summed E-state index contributed by atoms with van der Waals surface area (Å²) in [6.07, 6.45) is 4.56. The average Bonchev–Trinajstić information content (AvgIpc) is 2.87. The van der Waals surface area contributed by atoms with Gasteiger partial charge >= 0.3 is 0 Å². The molecular weight excluding hydrogens is 216 g/mol. The monoisotopic (exact) mass is 226 g/mol. The van der Waals surface area contributed by atoms with E-state index < -0.39 is 0 Å². The highest BCUT2D eigenvalue weighted by molar-refractivity contribution is 9.10. The molecular formula is C9H11BrN2. The van der Waals surface area contributed by atoms with Crippen molar-refractivity contribution in [1.82, 2.24) is 4.98 Å². The van der Waals surface area contributed by atoms with Gasteiger partial charge in [0.1, 0.15) is 4.60 Å². The lowest BCUT2D eigenvalue weighted by Crippen LogP contribution is -2.19. The van der Waals surface area contributed by atoms with Crippen LogP contribution in [0.2, 0.25) is 0 Å². The van der Waals surface area contributed by atoms with E-state index in [4.69, 9.17) is 0 Å². The third-order valence-electron chi connectivity index (χ3n) is 2.21. The first-order valence-corrected chi connectivity index (χ1v) is 4.91. The van der Waals surface area contributed by atoms with Crippen molar-refractivity contribution in [3.8, 4) is 0 Å². The Kier molecular flexibility index (Phi) is 2.05. The summed E-state index contributed by atoms with van der Waals surface area (Å²) in [4.78, 5) is 6.48. The summed E-state index contributed by atoms with van der Waals surface area (Å²) in [5, 5.41) is 0. The first-order chi connectivity index (χ1) is 5.77. The molecule has 2 rings (SSSR count). The standard InChI is InChI=1S/C9H11BrN2/c1-12(7-2-3-7)8-4-5-9(10)11-6-8/h4-7H,2-3H2,1H3. The number of hydrogen-bond acceptors (Lipinski definition) is 2. The minimum absolute atomic E-state index is 0.757. The predicted octanol–water partition coefficient (Wildman–Crippen LogP) is 2.44. The highest BCUT2D eigenvalue weighted by atomic mass is 79.9. The average molecular weight is 227 g/mol. The van der Waals surface area contributed by atoms with Crippen LogP contribution in [-0.4, -0.2) is 18.1 Å². The Balaban J connectivity index is 2.16. The Morgan fingerprint density at radius 1 is 1.50 bits per heavy atom. The van der Waals surface area contributed by atoms with E-state index in [0.29, 0.717) is 0 Å². The van der Waals surface area contributed by atoms with Crippen LogP contribution in [-0.2, 0) is 0 Å². The van der Waals surface area contributed by atoms with Gasteiger partial charge in [0.2, 0.25) is 0 Å². The first-order valence-electron chi connectivity index (χ1n) is 4.12. The second-order valence-corrected chi connectivity index (χ2v) is 3.99. The van der Waals surface area contributed by atoms with Crippen LogP contribution in [0, 0.1) is 0 Å². The molecule has 3 heteroatoms. The highest BCUT2D eigenvalue weighted by Gasteiger charge is 2.26. The molecule has 0 radical (unpaired) electrons. The van der Waals surface area contributed by atoms with Crippen molar-refractivity contribution in [1.29, 1.82) is 0 Å². The van der Waals surface area contributed by atoms with Crippen LogP contribution in [0.5, 0.6) is 0 Å². The first kappa shape index (κ1) is 8.05. The third kappa shape index (κ3) is 1.61. The van der Waals surface area contributed by atoms with Gasteiger partial charge in [-0.05, 0) is 40.9 Å². The lowest BCUT2D eigenvalue weighted by Gasteiger charge is -2.17. The zero-order valence-electron chi connectivity index (χ0n) is 7.00. The lowest BCUT2D eigenvalue weighted by molar-refractivity contribution is 0.911. The minimum Gasteiger partial charge on any atom is -0.370 e. The fraction of sp³-hybridized carbons (Fsp3) is 0.444. The lowest BCUT2D eigenvalue weighted by atomic mass is 10.4. The molecule has 64 valence electrons. The third-order valence-corrected chi connectivity index (χ3v) is 2.68. The van der Waals surface area contributed by atoms with Gasteiger partial charge in [0, 0.05) is 13.1 Å². The van der Waals surface area contributed by atoms with E-state index in [1.54, 1.807) is 0 Å². The van der Waals surface area contributed by atoms with E-state index in [1.807, 2.05) is 12.3 Å². The van der Waals surface area contributed by atoms with E-state index in [9.17, 15) is 0 Å². The van der Waals surface area contributed by atoms with Gasteiger partial charge in [0.15, 0.2) is 0 Å². The Bertz CT molecular complexity index is 266. The van der Waals surface area contributed by atoms with Gasteiger partial charge in [-0.3, -0.25) is 0 Å². The number of rotatable bonds is 2. The molecule has 0 amide bonds. The van der Waals surface area contributed by atoms with Crippen LogP contribution in [0.25, 0.3) is 0 Å². The normalized spacial score (nSPS) is 16.2. The van der Waals surface area contributed by atoms with Crippen molar-refractivity contribution in [2.24, 2.45) is 0 Å². The largest absolute Gasteiger partial charge is 0.370 e. The van der Waals surface area contributed by atoms with E-state index in [2.05, 4.69) is 38.9 Å². The molecule has 1 aromatic heterocycles. The van der Waals surface area contributed by atoms with Crippen LogP contribution in [0.15, 0.2) is 22.9 Å². The summed E-state index contributed by atoms with van der Waals surface area (Å²) in [6, 6.07) is 4.83. The smallest absolute Gasteiger partial charge is 0.106 e. The molecule has 0 aromatic carbocycles. The van der Waals surface area contributed by atoms with Crippen LogP contribution in [0.4, 0.5) is 5.69 Å². The van der Waals surface area contributed by atoms with Gasteiger partial charge in [0.05, 0.1) is 11.9 Å². The molecule has 1 heterocycles. The molecule has 0 N–H and O–H groups in total. The van der Waals surface area contributed by atoms with Gasteiger partial charge in [-0.1, -0.05) is 0 Å².